The molecule has 1 amide bonds. The van der Waals surface area contributed by atoms with Gasteiger partial charge in [-0.2, -0.15) is 0 Å². The molecule has 0 aliphatic rings. The van der Waals surface area contributed by atoms with Gasteiger partial charge >= 0.3 is 0 Å². The third kappa shape index (κ3) is 3.27. The minimum Gasteiger partial charge on any atom is -0.351 e. The molecular formula is C17H13Cl2NOS. The summed E-state index contributed by atoms with van der Waals surface area (Å²) >= 11 is 13.7. The van der Waals surface area contributed by atoms with Crippen LogP contribution in [0.4, 0.5) is 0 Å². The number of hydrogen-bond donors (Lipinski definition) is 1. The molecule has 5 heteroatoms. The second-order valence-corrected chi connectivity index (χ2v) is 6.74. The van der Waals surface area contributed by atoms with E-state index in [0.717, 1.165) is 22.1 Å². The van der Waals surface area contributed by atoms with Crippen LogP contribution in [0.1, 0.15) is 15.2 Å². The Morgan fingerprint density at radius 1 is 1.09 bits per heavy atom. The van der Waals surface area contributed by atoms with Crippen molar-refractivity contribution in [1.82, 2.24) is 5.32 Å². The van der Waals surface area contributed by atoms with Gasteiger partial charge in [0.05, 0.1) is 5.02 Å². The first-order valence-electron chi connectivity index (χ1n) is 6.85. The van der Waals surface area contributed by atoms with E-state index in [4.69, 9.17) is 23.2 Å². The highest BCUT2D eigenvalue weighted by Gasteiger charge is 2.16. The van der Waals surface area contributed by atoms with E-state index in [2.05, 4.69) is 5.32 Å². The van der Waals surface area contributed by atoms with Gasteiger partial charge in [0.15, 0.2) is 0 Å². The van der Waals surface area contributed by atoms with Crippen LogP contribution in [0.25, 0.3) is 10.1 Å². The van der Waals surface area contributed by atoms with Crippen molar-refractivity contribution in [1.29, 1.82) is 0 Å². The van der Waals surface area contributed by atoms with Crippen LogP contribution in [0.2, 0.25) is 10.0 Å². The average Bonchev–Trinajstić information content (AvgIpc) is 2.85. The molecule has 0 bridgehead atoms. The minimum atomic E-state index is -0.131. The molecule has 1 N–H and O–H groups in total. The lowest BCUT2D eigenvalue weighted by Crippen LogP contribution is -2.25. The number of carbonyl (C=O) groups excluding carboxylic acids is 1. The van der Waals surface area contributed by atoms with E-state index in [0.29, 0.717) is 21.5 Å². The maximum atomic E-state index is 12.3. The quantitative estimate of drug-likeness (QED) is 0.690. The van der Waals surface area contributed by atoms with Crippen molar-refractivity contribution in [2.45, 2.75) is 6.42 Å². The summed E-state index contributed by atoms with van der Waals surface area (Å²) in [6, 6.07) is 15.4. The largest absolute Gasteiger partial charge is 0.351 e. The molecule has 0 spiro atoms. The van der Waals surface area contributed by atoms with Crippen LogP contribution in [0.3, 0.4) is 0 Å². The third-order valence-electron chi connectivity index (χ3n) is 3.33. The number of amides is 1. The van der Waals surface area contributed by atoms with Gasteiger partial charge in [0.2, 0.25) is 0 Å². The van der Waals surface area contributed by atoms with E-state index < -0.39 is 0 Å². The first-order chi connectivity index (χ1) is 10.6. The van der Waals surface area contributed by atoms with Crippen LogP contribution in [0, 0.1) is 0 Å². The molecule has 3 rings (SSSR count). The number of thiophene rings is 1. The number of rotatable bonds is 4. The van der Waals surface area contributed by atoms with Crippen LogP contribution in [0.5, 0.6) is 0 Å². The Balaban J connectivity index is 1.67. The lowest BCUT2D eigenvalue weighted by molar-refractivity contribution is 0.0958. The van der Waals surface area contributed by atoms with Gasteiger partial charge in [0.25, 0.3) is 5.91 Å². The van der Waals surface area contributed by atoms with Crippen molar-refractivity contribution in [3.05, 3.63) is 69.0 Å². The molecule has 0 aliphatic carbocycles. The highest BCUT2D eigenvalue weighted by Crippen LogP contribution is 2.34. The van der Waals surface area contributed by atoms with Crippen LogP contribution >= 0.6 is 34.5 Å². The van der Waals surface area contributed by atoms with Crippen LogP contribution < -0.4 is 5.32 Å². The third-order valence-corrected chi connectivity index (χ3v) is 5.24. The van der Waals surface area contributed by atoms with Gasteiger partial charge in [0.1, 0.15) is 4.88 Å². The second-order valence-electron chi connectivity index (χ2n) is 4.88. The molecule has 3 aromatic rings. The van der Waals surface area contributed by atoms with Gasteiger partial charge in [0, 0.05) is 21.7 Å². The molecule has 0 fully saturated rings. The molecule has 0 atom stereocenters. The van der Waals surface area contributed by atoms with Crippen LogP contribution in [0.15, 0.2) is 48.5 Å². The normalized spacial score (nSPS) is 10.8. The van der Waals surface area contributed by atoms with E-state index in [1.54, 1.807) is 0 Å². The molecule has 0 saturated heterocycles. The highest BCUT2D eigenvalue weighted by atomic mass is 35.5. The molecule has 0 unspecified atom stereocenters. The fourth-order valence-corrected chi connectivity index (χ4v) is 3.90. The first-order valence-corrected chi connectivity index (χ1v) is 8.42. The monoisotopic (exact) mass is 349 g/mol. The highest BCUT2D eigenvalue weighted by molar-refractivity contribution is 7.21. The summed E-state index contributed by atoms with van der Waals surface area (Å²) in [5, 5.41) is 5.07. The summed E-state index contributed by atoms with van der Waals surface area (Å²) in [5.74, 6) is -0.131. The van der Waals surface area contributed by atoms with Crippen molar-refractivity contribution in [2.75, 3.05) is 6.54 Å². The Hall–Kier alpha value is -1.55. The predicted octanol–water partition coefficient (Wildman–Crippen LogP) is 5.18. The number of nitrogens with one attached hydrogen (secondary N) is 1. The number of fused-ring (bicyclic) bond motifs is 1. The SMILES string of the molecule is O=C(NCCc1cccc(Cl)c1)c1sc2ccccc2c1Cl. The molecule has 2 aromatic carbocycles. The first kappa shape index (κ1) is 15.3. The molecule has 112 valence electrons. The number of benzene rings is 2. The number of carbonyl (C=O) groups is 1. The van der Waals surface area contributed by atoms with Crippen molar-refractivity contribution in [3.63, 3.8) is 0 Å². The average molecular weight is 350 g/mol. The van der Waals surface area contributed by atoms with Crippen molar-refractivity contribution in [2.24, 2.45) is 0 Å². The van der Waals surface area contributed by atoms with E-state index in [1.165, 1.54) is 11.3 Å². The van der Waals surface area contributed by atoms with Gasteiger partial charge in [-0.15, -0.1) is 11.3 Å². The Labute approximate surface area is 142 Å². The zero-order valence-electron chi connectivity index (χ0n) is 11.6. The molecule has 0 aliphatic heterocycles. The Kier molecular flexibility index (Phi) is 4.67. The topological polar surface area (TPSA) is 29.1 Å². The molecule has 0 saturated carbocycles. The predicted molar refractivity (Wildman–Crippen MR) is 94.3 cm³/mol. The zero-order chi connectivity index (χ0) is 15.5. The van der Waals surface area contributed by atoms with Crippen molar-refractivity contribution >= 4 is 50.5 Å². The summed E-state index contributed by atoms with van der Waals surface area (Å²) in [7, 11) is 0. The van der Waals surface area contributed by atoms with Gasteiger partial charge in [-0.1, -0.05) is 53.5 Å². The number of halogens is 2. The van der Waals surface area contributed by atoms with Gasteiger partial charge in [-0.05, 0) is 30.2 Å². The maximum Gasteiger partial charge on any atom is 0.262 e. The lowest BCUT2D eigenvalue weighted by Gasteiger charge is -2.04. The summed E-state index contributed by atoms with van der Waals surface area (Å²) in [5.41, 5.74) is 1.09. The molecule has 0 radical (unpaired) electrons. The van der Waals surface area contributed by atoms with E-state index in [-0.39, 0.29) is 5.91 Å². The summed E-state index contributed by atoms with van der Waals surface area (Å²) < 4.78 is 1.02. The molecular weight excluding hydrogens is 337 g/mol. The summed E-state index contributed by atoms with van der Waals surface area (Å²) in [6.07, 6.45) is 0.731. The zero-order valence-corrected chi connectivity index (χ0v) is 13.9. The minimum absolute atomic E-state index is 0.131. The molecule has 1 heterocycles. The Morgan fingerprint density at radius 3 is 2.68 bits per heavy atom. The van der Waals surface area contributed by atoms with Crippen molar-refractivity contribution in [3.8, 4) is 0 Å². The van der Waals surface area contributed by atoms with Crippen LogP contribution in [-0.4, -0.2) is 12.5 Å². The van der Waals surface area contributed by atoms with E-state index in [9.17, 15) is 4.79 Å². The molecule has 1 aromatic heterocycles. The Morgan fingerprint density at radius 2 is 1.91 bits per heavy atom. The van der Waals surface area contributed by atoms with Gasteiger partial charge in [-0.3, -0.25) is 4.79 Å². The fourth-order valence-electron chi connectivity index (χ4n) is 2.25. The second kappa shape index (κ2) is 6.69. The van der Waals surface area contributed by atoms with Crippen molar-refractivity contribution < 1.29 is 4.79 Å². The molecule has 2 nitrogen and oxygen atoms in total. The van der Waals surface area contributed by atoms with E-state index in [1.807, 2.05) is 48.5 Å². The summed E-state index contributed by atoms with van der Waals surface area (Å²) in [6.45, 7) is 0.545. The Bertz CT molecular complexity index is 828. The summed E-state index contributed by atoms with van der Waals surface area (Å²) in [4.78, 5) is 12.8. The lowest BCUT2D eigenvalue weighted by atomic mass is 10.1. The smallest absolute Gasteiger partial charge is 0.262 e. The van der Waals surface area contributed by atoms with E-state index >= 15 is 0 Å². The van der Waals surface area contributed by atoms with Gasteiger partial charge in [-0.25, -0.2) is 0 Å². The fraction of sp³-hybridized carbons (Fsp3) is 0.118. The maximum absolute atomic E-state index is 12.3. The van der Waals surface area contributed by atoms with Gasteiger partial charge < -0.3 is 5.32 Å². The molecule has 22 heavy (non-hydrogen) atoms. The standard InChI is InChI=1S/C17H13Cl2NOS/c18-12-5-3-4-11(10-12)8-9-20-17(21)16-15(19)13-6-1-2-7-14(13)22-16/h1-7,10H,8-9H2,(H,20,21). The number of hydrogen-bond acceptors (Lipinski definition) is 2. The van der Waals surface area contributed by atoms with Crippen LogP contribution in [-0.2, 0) is 6.42 Å².